The number of halogens is 1. The predicted molar refractivity (Wildman–Crippen MR) is 112 cm³/mol. The minimum absolute atomic E-state index is 0.0180. The molecule has 3 rings (SSSR count). The highest BCUT2D eigenvalue weighted by Gasteiger charge is 2.13. The summed E-state index contributed by atoms with van der Waals surface area (Å²) in [5.74, 6) is 2.60. The van der Waals surface area contributed by atoms with Crippen molar-refractivity contribution in [3.8, 4) is 18.1 Å². The van der Waals surface area contributed by atoms with Gasteiger partial charge in [0, 0.05) is 22.2 Å². The molecule has 1 aromatic heterocycles. The van der Waals surface area contributed by atoms with E-state index in [9.17, 15) is 14.9 Å². The third-order valence-electron chi connectivity index (χ3n) is 3.58. The maximum atomic E-state index is 12.3. The maximum absolute atomic E-state index is 12.3. The number of hydrazone groups is 1. The van der Waals surface area contributed by atoms with E-state index in [1.54, 1.807) is 30.3 Å². The Morgan fingerprint density at radius 2 is 2.18 bits per heavy atom. The average Bonchev–Trinajstić information content (AvgIpc) is 3.10. The van der Waals surface area contributed by atoms with Crippen molar-refractivity contribution in [2.45, 2.75) is 0 Å². The monoisotopic (exact) mass is 457 g/mol. The van der Waals surface area contributed by atoms with Crippen molar-refractivity contribution < 1.29 is 14.5 Å². The fraction of sp³-hybridized carbons (Fsp3) is 0.0526. The molecule has 3 aromatic rings. The van der Waals surface area contributed by atoms with Crippen LogP contribution in [0.1, 0.15) is 15.2 Å². The van der Waals surface area contributed by atoms with Gasteiger partial charge in [-0.15, -0.1) is 17.8 Å². The fourth-order valence-corrected chi connectivity index (χ4v) is 3.75. The zero-order chi connectivity index (χ0) is 20.1. The lowest BCUT2D eigenvalue weighted by molar-refractivity contribution is -0.384. The average molecular weight is 458 g/mol. The number of benzene rings is 2. The molecule has 0 aliphatic rings. The molecule has 0 fully saturated rings. The normalized spacial score (nSPS) is 10.7. The van der Waals surface area contributed by atoms with Crippen molar-refractivity contribution >= 4 is 55.2 Å². The first-order chi connectivity index (χ1) is 13.5. The SMILES string of the molecule is C#CCOc1ccc(/C=N\NC(=O)c2cc3cc([N+](=O)[O-])ccc3s2)cc1Br. The Hall–Kier alpha value is -3.22. The molecule has 0 saturated heterocycles. The molecule has 0 saturated carbocycles. The number of hydrogen-bond donors (Lipinski definition) is 1. The second-order valence-corrected chi connectivity index (χ2v) is 7.41. The standard InChI is InChI=1S/C19H12BrN3O4S/c1-2-7-27-16-5-3-12(8-15(16)20)11-21-22-19(24)18-10-13-9-14(23(25)26)4-6-17(13)28-18/h1,3-6,8-11H,7H2,(H,22,24)/b21-11-. The number of hydrogen-bond acceptors (Lipinski definition) is 6. The summed E-state index contributed by atoms with van der Waals surface area (Å²) in [6.45, 7) is 0.167. The van der Waals surface area contributed by atoms with Crippen LogP contribution in [-0.2, 0) is 0 Å². The van der Waals surface area contributed by atoms with Crippen molar-refractivity contribution in [2.75, 3.05) is 6.61 Å². The highest BCUT2D eigenvalue weighted by atomic mass is 79.9. The van der Waals surface area contributed by atoms with E-state index in [-0.39, 0.29) is 12.3 Å². The second kappa shape index (κ2) is 8.65. The molecule has 0 bridgehead atoms. The first-order valence-electron chi connectivity index (χ1n) is 7.85. The number of terminal acetylenes is 1. The Kier molecular flexibility index (Phi) is 6.03. The summed E-state index contributed by atoms with van der Waals surface area (Å²) in [4.78, 5) is 23.1. The number of nitro benzene ring substituents is 1. The van der Waals surface area contributed by atoms with Gasteiger partial charge in [-0.3, -0.25) is 14.9 Å². The lowest BCUT2D eigenvalue weighted by atomic mass is 10.2. The molecule has 0 aliphatic heterocycles. The smallest absolute Gasteiger partial charge is 0.281 e. The van der Waals surface area contributed by atoms with Crippen molar-refractivity contribution in [1.82, 2.24) is 5.43 Å². The highest BCUT2D eigenvalue weighted by Crippen LogP contribution is 2.29. The molecular weight excluding hydrogens is 446 g/mol. The van der Waals surface area contributed by atoms with Gasteiger partial charge in [0.25, 0.3) is 11.6 Å². The van der Waals surface area contributed by atoms with Crippen LogP contribution in [0.15, 0.2) is 52.0 Å². The zero-order valence-electron chi connectivity index (χ0n) is 14.2. The van der Waals surface area contributed by atoms with Crippen LogP contribution in [0.2, 0.25) is 0 Å². The lowest BCUT2D eigenvalue weighted by Crippen LogP contribution is -2.16. The summed E-state index contributed by atoms with van der Waals surface area (Å²) >= 11 is 4.62. The number of nitro groups is 1. The number of carbonyl (C=O) groups excluding carboxylic acids is 1. The molecule has 2 aromatic carbocycles. The van der Waals surface area contributed by atoms with Gasteiger partial charge in [-0.1, -0.05) is 5.92 Å². The van der Waals surface area contributed by atoms with Crippen molar-refractivity contribution in [3.05, 3.63) is 67.5 Å². The molecule has 0 atom stereocenters. The summed E-state index contributed by atoms with van der Waals surface area (Å²) in [5.41, 5.74) is 3.17. The van der Waals surface area contributed by atoms with Gasteiger partial charge in [0.2, 0.25) is 0 Å². The van der Waals surface area contributed by atoms with Gasteiger partial charge in [0.1, 0.15) is 12.4 Å². The van der Waals surface area contributed by atoms with Crippen LogP contribution < -0.4 is 10.2 Å². The van der Waals surface area contributed by atoms with Crippen molar-refractivity contribution in [3.63, 3.8) is 0 Å². The van der Waals surface area contributed by atoms with E-state index in [4.69, 9.17) is 11.2 Å². The Bertz CT molecular complexity index is 1130. The van der Waals surface area contributed by atoms with Crippen LogP contribution >= 0.6 is 27.3 Å². The second-order valence-electron chi connectivity index (χ2n) is 5.47. The molecular formula is C19H12BrN3O4S. The molecule has 0 aliphatic carbocycles. The van der Waals surface area contributed by atoms with E-state index in [1.807, 2.05) is 0 Å². The number of nitrogens with one attached hydrogen (secondary N) is 1. The summed E-state index contributed by atoms with van der Waals surface area (Å²) < 4.78 is 6.85. The Balaban J connectivity index is 1.68. The summed E-state index contributed by atoms with van der Waals surface area (Å²) in [7, 11) is 0. The molecule has 1 amide bonds. The first kappa shape index (κ1) is 19.5. The van der Waals surface area contributed by atoms with Crippen LogP contribution in [0.3, 0.4) is 0 Å². The van der Waals surface area contributed by atoms with Crippen molar-refractivity contribution in [2.24, 2.45) is 5.10 Å². The zero-order valence-corrected chi connectivity index (χ0v) is 16.6. The van der Waals surface area contributed by atoms with Gasteiger partial charge in [-0.05, 0) is 51.8 Å². The third-order valence-corrected chi connectivity index (χ3v) is 5.32. The summed E-state index contributed by atoms with van der Waals surface area (Å²) in [5, 5.41) is 15.4. The van der Waals surface area contributed by atoms with Crippen LogP contribution in [-0.4, -0.2) is 23.7 Å². The van der Waals surface area contributed by atoms with E-state index in [0.29, 0.717) is 20.5 Å². The largest absolute Gasteiger partial charge is 0.480 e. The Morgan fingerprint density at radius 1 is 1.36 bits per heavy atom. The van der Waals surface area contributed by atoms with Crippen LogP contribution in [0, 0.1) is 22.5 Å². The fourth-order valence-electron chi connectivity index (χ4n) is 2.31. The highest BCUT2D eigenvalue weighted by molar-refractivity contribution is 9.10. The minimum Gasteiger partial charge on any atom is -0.480 e. The van der Waals surface area contributed by atoms with Gasteiger partial charge < -0.3 is 4.74 Å². The summed E-state index contributed by atoms with van der Waals surface area (Å²) in [6, 6.07) is 11.4. The quantitative estimate of drug-likeness (QED) is 0.257. The maximum Gasteiger partial charge on any atom is 0.281 e. The molecule has 0 spiro atoms. The van der Waals surface area contributed by atoms with Crippen LogP contribution in [0.5, 0.6) is 5.75 Å². The Labute approximate surface area is 172 Å². The number of nitrogens with zero attached hydrogens (tertiary/aromatic N) is 2. The predicted octanol–water partition coefficient (Wildman–Crippen LogP) is 4.35. The molecule has 0 radical (unpaired) electrons. The van der Waals surface area contributed by atoms with Gasteiger partial charge in [0.05, 0.1) is 20.5 Å². The number of rotatable bonds is 6. The van der Waals surface area contributed by atoms with Gasteiger partial charge >= 0.3 is 0 Å². The topological polar surface area (TPSA) is 93.8 Å². The van der Waals surface area contributed by atoms with E-state index in [0.717, 1.165) is 10.3 Å². The minimum atomic E-state index is -0.470. The number of non-ortho nitro benzene ring substituents is 1. The lowest BCUT2D eigenvalue weighted by Gasteiger charge is -2.05. The number of carbonyl (C=O) groups is 1. The van der Waals surface area contributed by atoms with Gasteiger partial charge in [-0.25, -0.2) is 5.43 Å². The van der Waals surface area contributed by atoms with Gasteiger partial charge in [0.15, 0.2) is 0 Å². The number of amides is 1. The van der Waals surface area contributed by atoms with E-state index < -0.39 is 10.8 Å². The molecule has 1 N–H and O–H groups in total. The van der Waals surface area contributed by atoms with E-state index in [2.05, 4.69) is 32.4 Å². The Morgan fingerprint density at radius 3 is 2.89 bits per heavy atom. The molecule has 7 nitrogen and oxygen atoms in total. The summed E-state index contributed by atoms with van der Waals surface area (Å²) in [6.07, 6.45) is 6.65. The van der Waals surface area contributed by atoms with E-state index in [1.165, 1.54) is 29.7 Å². The van der Waals surface area contributed by atoms with Crippen molar-refractivity contribution in [1.29, 1.82) is 0 Å². The first-order valence-corrected chi connectivity index (χ1v) is 9.46. The van der Waals surface area contributed by atoms with Gasteiger partial charge in [-0.2, -0.15) is 5.10 Å². The van der Waals surface area contributed by atoms with Crippen LogP contribution in [0.25, 0.3) is 10.1 Å². The third kappa shape index (κ3) is 4.54. The molecule has 1 heterocycles. The number of ether oxygens (including phenoxy) is 1. The number of thiophene rings is 1. The molecule has 28 heavy (non-hydrogen) atoms. The molecule has 0 unspecified atom stereocenters. The molecule has 9 heteroatoms. The number of fused-ring (bicyclic) bond motifs is 1. The van der Waals surface area contributed by atoms with E-state index >= 15 is 0 Å². The van der Waals surface area contributed by atoms with Crippen LogP contribution in [0.4, 0.5) is 5.69 Å². The molecule has 140 valence electrons.